The van der Waals surface area contributed by atoms with E-state index in [0.29, 0.717) is 10.0 Å². The minimum absolute atomic E-state index is 0.0949. The SMILES string of the molecule is Cc1cc(N2CCC(C)(N)CC2)n2c(CO)cnc2c1-c1cccc(Cl)c1Cl. The zero-order valence-corrected chi connectivity index (χ0v) is 17.6. The molecule has 0 unspecified atom stereocenters. The maximum absolute atomic E-state index is 9.91. The quantitative estimate of drug-likeness (QED) is 0.659. The van der Waals surface area contributed by atoms with Crippen LogP contribution in [0.25, 0.3) is 16.8 Å². The summed E-state index contributed by atoms with van der Waals surface area (Å²) in [6, 6.07) is 7.75. The second-order valence-corrected chi connectivity index (χ2v) is 8.65. The fraction of sp³-hybridized carbons (Fsp3) is 0.381. The van der Waals surface area contributed by atoms with Crippen molar-refractivity contribution in [2.45, 2.75) is 38.8 Å². The number of hydrogen-bond donors (Lipinski definition) is 2. The van der Waals surface area contributed by atoms with Gasteiger partial charge in [-0.3, -0.25) is 4.40 Å². The smallest absolute Gasteiger partial charge is 0.146 e. The van der Waals surface area contributed by atoms with Gasteiger partial charge >= 0.3 is 0 Å². The molecule has 2 aromatic heterocycles. The molecule has 0 radical (unpaired) electrons. The van der Waals surface area contributed by atoms with Gasteiger partial charge in [-0.1, -0.05) is 35.3 Å². The Morgan fingerprint density at radius 2 is 1.96 bits per heavy atom. The Hall–Kier alpha value is -1.79. The summed E-state index contributed by atoms with van der Waals surface area (Å²) in [5, 5.41) is 10.9. The Morgan fingerprint density at radius 3 is 2.64 bits per heavy atom. The van der Waals surface area contributed by atoms with Gasteiger partial charge in [0.1, 0.15) is 11.5 Å². The first-order valence-electron chi connectivity index (χ1n) is 9.41. The highest BCUT2D eigenvalue weighted by Crippen LogP contribution is 2.39. The lowest BCUT2D eigenvalue weighted by Crippen LogP contribution is -2.48. The number of fused-ring (bicyclic) bond motifs is 1. The van der Waals surface area contributed by atoms with Gasteiger partial charge in [0.25, 0.3) is 0 Å². The molecule has 0 spiro atoms. The van der Waals surface area contributed by atoms with Crippen LogP contribution in [-0.2, 0) is 6.61 Å². The van der Waals surface area contributed by atoms with E-state index in [-0.39, 0.29) is 12.1 Å². The van der Waals surface area contributed by atoms with Gasteiger partial charge in [0.2, 0.25) is 0 Å². The van der Waals surface area contributed by atoms with Gasteiger partial charge in [-0.2, -0.15) is 0 Å². The Bertz CT molecular complexity index is 1030. The monoisotopic (exact) mass is 418 g/mol. The van der Waals surface area contributed by atoms with E-state index in [2.05, 4.69) is 29.8 Å². The number of anilines is 1. The number of piperidine rings is 1. The molecule has 28 heavy (non-hydrogen) atoms. The number of nitrogens with two attached hydrogens (primary N) is 1. The molecule has 1 saturated heterocycles. The van der Waals surface area contributed by atoms with Gasteiger partial charge in [0.05, 0.1) is 28.5 Å². The standard InChI is InChI=1S/C21H24Cl2N4O/c1-13-10-17(26-8-6-21(2,24)7-9-26)27-14(12-28)11-25-20(27)18(13)15-4-3-5-16(22)19(15)23/h3-5,10-11,28H,6-9,12,24H2,1-2H3. The number of rotatable bonds is 3. The van der Waals surface area contributed by atoms with Crippen molar-refractivity contribution in [3.8, 4) is 11.1 Å². The summed E-state index contributed by atoms with van der Waals surface area (Å²) in [6.45, 7) is 5.79. The highest BCUT2D eigenvalue weighted by atomic mass is 35.5. The third-order valence-corrected chi connectivity index (χ3v) is 6.46. The molecular formula is C21H24Cl2N4O. The number of aliphatic hydroxyl groups is 1. The molecular weight excluding hydrogens is 395 g/mol. The summed E-state index contributed by atoms with van der Waals surface area (Å²) in [4.78, 5) is 6.95. The van der Waals surface area contributed by atoms with Crippen LogP contribution in [-0.4, -0.2) is 33.1 Å². The summed E-state index contributed by atoms with van der Waals surface area (Å²) < 4.78 is 2.03. The molecule has 7 heteroatoms. The number of aliphatic hydroxyl groups excluding tert-OH is 1. The van der Waals surface area contributed by atoms with E-state index in [1.807, 2.05) is 16.5 Å². The normalized spacial score (nSPS) is 16.7. The lowest BCUT2D eigenvalue weighted by molar-refractivity contribution is 0.275. The second-order valence-electron chi connectivity index (χ2n) is 7.87. The van der Waals surface area contributed by atoms with E-state index in [0.717, 1.165) is 59.8 Å². The molecule has 0 amide bonds. The minimum Gasteiger partial charge on any atom is -0.390 e. The van der Waals surface area contributed by atoms with Gasteiger partial charge < -0.3 is 15.7 Å². The molecule has 1 aromatic carbocycles. The zero-order chi connectivity index (χ0) is 20.1. The largest absolute Gasteiger partial charge is 0.390 e. The molecule has 3 heterocycles. The topological polar surface area (TPSA) is 66.8 Å². The van der Waals surface area contributed by atoms with Crippen molar-refractivity contribution in [1.29, 1.82) is 0 Å². The number of hydrogen-bond acceptors (Lipinski definition) is 4. The van der Waals surface area contributed by atoms with Crippen LogP contribution in [0.1, 0.15) is 31.0 Å². The molecule has 3 N–H and O–H groups in total. The van der Waals surface area contributed by atoms with E-state index in [1.54, 1.807) is 12.3 Å². The zero-order valence-electron chi connectivity index (χ0n) is 16.0. The van der Waals surface area contributed by atoms with E-state index in [4.69, 9.17) is 28.9 Å². The summed E-state index contributed by atoms with van der Waals surface area (Å²) in [6.07, 6.45) is 3.55. The predicted octanol–water partition coefficient (Wildman–Crippen LogP) is 4.43. The van der Waals surface area contributed by atoms with E-state index >= 15 is 0 Å². The fourth-order valence-electron chi connectivity index (χ4n) is 3.95. The van der Waals surface area contributed by atoms with E-state index in [1.165, 1.54) is 0 Å². The summed E-state index contributed by atoms with van der Waals surface area (Å²) in [7, 11) is 0. The molecule has 0 bridgehead atoms. The van der Waals surface area contributed by atoms with Crippen LogP contribution in [0.4, 0.5) is 5.82 Å². The van der Waals surface area contributed by atoms with Crippen molar-refractivity contribution in [2.75, 3.05) is 18.0 Å². The third-order valence-electron chi connectivity index (χ3n) is 5.64. The Kier molecular flexibility index (Phi) is 5.04. The van der Waals surface area contributed by atoms with Gasteiger partial charge in [-0.15, -0.1) is 0 Å². The van der Waals surface area contributed by atoms with Crippen molar-refractivity contribution in [3.63, 3.8) is 0 Å². The molecule has 1 aliphatic heterocycles. The Balaban J connectivity index is 1.93. The average Bonchev–Trinajstić information content (AvgIpc) is 3.08. The van der Waals surface area contributed by atoms with Crippen molar-refractivity contribution in [1.82, 2.24) is 9.38 Å². The first-order valence-corrected chi connectivity index (χ1v) is 10.2. The number of imidazole rings is 1. The maximum atomic E-state index is 9.91. The van der Waals surface area contributed by atoms with Crippen LogP contribution in [0.5, 0.6) is 0 Å². The van der Waals surface area contributed by atoms with Crippen molar-refractivity contribution in [2.24, 2.45) is 5.73 Å². The molecule has 148 valence electrons. The van der Waals surface area contributed by atoms with Crippen molar-refractivity contribution < 1.29 is 5.11 Å². The summed E-state index contributed by atoms with van der Waals surface area (Å²) >= 11 is 12.8. The minimum atomic E-state index is -0.131. The summed E-state index contributed by atoms with van der Waals surface area (Å²) in [5.41, 5.74) is 10.5. The molecule has 0 aliphatic carbocycles. The molecule has 1 fully saturated rings. The third kappa shape index (κ3) is 3.26. The van der Waals surface area contributed by atoms with Crippen LogP contribution >= 0.6 is 23.2 Å². The number of nitrogens with zero attached hydrogens (tertiary/aromatic N) is 3. The van der Waals surface area contributed by atoms with E-state index in [9.17, 15) is 5.11 Å². The fourth-order valence-corrected chi connectivity index (χ4v) is 4.34. The molecule has 5 nitrogen and oxygen atoms in total. The van der Waals surface area contributed by atoms with Gasteiger partial charge in [0.15, 0.2) is 0 Å². The predicted molar refractivity (Wildman–Crippen MR) is 115 cm³/mol. The number of aryl methyl sites for hydroxylation is 1. The van der Waals surface area contributed by atoms with Gasteiger partial charge in [-0.05, 0) is 44.4 Å². The molecule has 0 atom stereocenters. The lowest BCUT2D eigenvalue weighted by atomic mass is 9.91. The van der Waals surface area contributed by atoms with Crippen molar-refractivity contribution >= 4 is 34.7 Å². The highest BCUT2D eigenvalue weighted by molar-refractivity contribution is 6.43. The number of aromatic nitrogens is 2. The first-order chi connectivity index (χ1) is 13.3. The number of pyridine rings is 1. The van der Waals surface area contributed by atoms with Crippen LogP contribution in [0, 0.1) is 6.92 Å². The summed E-state index contributed by atoms with van der Waals surface area (Å²) in [5.74, 6) is 1.02. The van der Waals surface area contributed by atoms with Crippen LogP contribution in [0.15, 0.2) is 30.5 Å². The maximum Gasteiger partial charge on any atom is 0.146 e. The van der Waals surface area contributed by atoms with Crippen molar-refractivity contribution in [3.05, 3.63) is 51.8 Å². The Morgan fingerprint density at radius 1 is 1.25 bits per heavy atom. The number of halogens is 2. The average molecular weight is 419 g/mol. The second kappa shape index (κ2) is 7.23. The van der Waals surface area contributed by atoms with Crippen LogP contribution in [0.2, 0.25) is 10.0 Å². The Labute approximate surface area is 174 Å². The van der Waals surface area contributed by atoms with Crippen LogP contribution in [0.3, 0.4) is 0 Å². The molecule has 0 saturated carbocycles. The van der Waals surface area contributed by atoms with Crippen LogP contribution < -0.4 is 10.6 Å². The lowest BCUT2D eigenvalue weighted by Gasteiger charge is -2.38. The van der Waals surface area contributed by atoms with E-state index < -0.39 is 0 Å². The molecule has 3 aromatic rings. The molecule has 1 aliphatic rings. The number of benzene rings is 1. The molecule has 4 rings (SSSR count). The first kappa shape index (κ1) is 19.5. The van der Waals surface area contributed by atoms with Gasteiger partial charge in [0, 0.05) is 29.8 Å². The van der Waals surface area contributed by atoms with Gasteiger partial charge in [-0.25, -0.2) is 4.98 Å². The highest BCUT2D eigenvalue weighted by Gasteiger charge is 2.28.